The maximum absolute atomic E-state index is 5.92. The molecule has 0 N–H and O–H groups in total. The Labute approximate surface area is 120 Å². The van der Waals surface area contributed by atoms with Gasteiger partial charge in [-0.2, -0.15) is 0 Å². The van der Waals surface area contributed by atoms with Crippen molar-refractivity contribution >= 4 is 11.6 Å². The van der Waals surface area contributed by atoms with Crippen LogP contribution in [0.2, 0.25) is 0 Å². The molecule has 0 bridgehead atoms. The minimum absolute atomic E-state index is 0.406. The van der Waals surface area contributed by atoms with E-state index < -0.39 is 0 Å². The minimum Gasteiger partial charge on any atom is -0.490 e. The molecule has 108 valence electrons. The molecule has 1 aromatic carbocycles. The Hall–Kier alpha value is -0.930. The van der Waals surface area contributed by atoms with Crippen LogP contribution in [0.1, 0.15) is 26.3 Å². The molecule has 0 spiro atoms. The molecule has 1 aromatic rings. The van der Waals surface area contributed by atoms with Crippen LogP contribution >= 0.6 is 11.6 Å². The highest BCUT2D eigenvalue weighted by Gasteiger charge is 2.10. The lowest BCUT2D eigenvalue weighted by Crippen LogP contribution is -2.11. The molecule has 0 atom stereocenters. The average Bonchev–Trinajstić information content (AvgIpc) is 2.39. The lowest BCUT2D eigenvalue weighted by molar-refractivity contribution is 0.0806. The molecular formula is C15H23ClO3. The zero-order valence-corrected chi connectivity index (χ0v) is 12.7. The van der Waals surface area contributed by atoms with E-state index in [2.05, 4.69) is 13.8 Å². The summed E-state index contributed by atoms with van der Waals surface area (Å²) in [5.74, 6) is 2.41. The van der Waals surface area contributed by atoms with E-state index in [1.165, 1.54) is 0 Å². The van der Waals surface area contributed by atoms with Gasteiger partial charge in [-0.3, -0.25) is 0 Å². The average molecular weight is 287 g/mol. The molecule has 19 heavy (non-hydrogen) atoms. The predicted molar refractivity (Wildman–Crippen MR) is 78.3 cm³/mol. The van der Waals surface area contributed by atoms with Crippen LogP contribution in [0.3, 0.4) is 0 Å². The van der Waals surface area contributed by atoms with Crippen molar-refractivity contribution in [3.63, 3.8) is 0 Å². The summed E-state index contributed by atoms with van der Waals surface area (Å²) >= 11 is 5.92. The molecule has 0 aliphatic heterocycles. The van der Waals surface area contributed by atoms with Crippen molar-refractivity contribution < 1.29 is 14.2 Å². The van der Waals surface area contributed by atoms with Gasteiger partial charge in [-0.1, -0.05) is 26.0 Å². The highest BCUT2D eigenvalue weighted by molar-refractivity contribution is 6.17. The summed E-state index contributed by atoms with van der Waals surface area (Å²) in [6.45, 7) is 8.61. The van der Waals surface area contributed by atoms with E-state index in [4.69, 9.17) is 25.8 Å². The van der Waals surface area contributed by atoms with Gasteiger partial charge in [0.25, 0.3) is 0 Å². The molecule has 0 unspecified atom stereocenters. The molecule has 3 nitrogen and oxygen atoms in total. The third-order valence-electron chi connectivity index (χ3n) is 2.43. The van der Waals surface area contributed by atoms with Gasteiger partial charge in [0.05, 0.1) is 19.1 Å². The summed E-state index contributed by atoms with van der Waals surface area (Å²) < 4.78 is 16.8. The number of rotatable bonds is 9. The van der Waals surface area contributed by atoms with Gasteiger partial charge >= 0.3 is 0 Å². The molecule has 0 aromatic heterocycles. The molecule has 0 aliphatic carbocycles. The zero-order valence-electron chi connectivity index (χ0n) is 11.9. The lowest BCUT2D eigenvalue weighted by atomic mass is 10.2. The normalized spacial score (nSPS) is 10.8. The van der Waals surface area contributed by atoms with Crippen molar-refractivity contribution in [3.8, 4) is 11.5 Å². The van der Waals surface area contributed by atoms with Gasteiger partial charge in [0.1, 0.15) is 6.61 Å². The summed E-state index contributed by atoms with van der Waals surface area (Å²) in [7, 11) is 0. The third kappa shape index (κ3) is 5.70. The predicted octanol–water partition coefficient (Wildman–Crippen LogP) is 3.88. The van der Waals surface area contributed by atoms with Crippen LogP contribution in [-0.2, 0) is 10.6 Å². The maximum Gasteiger partial charge on any atom is 0.165 e. The van der Waals surface area contributed by atoms with E-state index in [0.717, 1.165) is 23.7 Å². The van der Waals surface area contributed by atoms with Crippen LogP contribution in [0.15, 0.2) is 18.2 Å². The Kier molecular flexibility index (Phi) is 7.68. The molecule has 0 saturated carbocycles. The largest absolute Gasteiger partial charge is 0.490 e. The fourth-order valence-electron chi connectivity index (χ4n) is 1.62. The molecule has 0 saturated heterocycles. The number of hydrogen-bond acceptors (Lipinski definition) is 3. The fraction of sp³-hybridized carbons (Fsp3) is 0.600. The van der Waals surface area contributed by atoms with Gasteiger partial charge < -0.3 is 14.2 Å². The first-order valence-corrected chi connectivity index (χ1v) is 7.23. The Morgan fingerprint density at radius 3 is 2.58 bits per heavy atom. The minimum atomic E-state index is 0.406. The van der Waals surface area contributed by atoms with Gasteiger partial charge in [-0.15, -0.1) is 11.6 Å². The Bertz CT molecular complexity index is 366. The number of halogens is 1. The van der Waals surface area contributed by atoms with E-state index >= 15 is 0 Å². The van der Waals surface area contributed by atoms with Crippen molar-refractivity contribution in [2.24, 2.45) is 5.92 Å². The first kappa shape index (κ1) is 16.1. The van der Waals surface area contributed by atoms with Crippen LogP contribution < -0.4 is 9.47 Å². The highest BCUT2D eigenvalue weighted by Crippen LogP contribution is 2.32. The lowest BCUT2D eigenvalue weighted by Gasteiger charge is -2.15. The van der Waals surface area contributed by atoms with Gasteiger partial charge in [0.15, 0.2) is 11.5 Å². The Morgan fingerprint density at radius 1 is 1.16 bits per heavy atom. The van der Waals surface area contributed by atoms with Gasteiger partial charge in [0, 0.05) is 12.2 Å². The SMILES string of the molecule is CCOc1cccc(CCl)c1OCCOCC(C)C. The molecule has 0 heterocycles. The second-order valence-corrected chi connectivity index (χ2v) is 4.90. The molecular weight excluding hydrogens is 264 g/mol. The second kappa shape index (κ2) is 9.05. The molecule has 0 fully saturated rings. The monoisotopic (exact) mass is 286 g/mol. The van der Waals surface area contributed by atoms with Crippen molar-refractivity contribution in [3.05, 3.63) is 23.8 Å². The number of alkyl halides is 1. The number of para-hydroxylation sites is 1. The van der Waals surface area contributed by atoms with Crippen LogP contribution in [0.5, 0.6) is 11.5 Å². The number of benzene rings is 1. The van der Waals surface area contributed by atoms with E-state index in [0.29, 0.717) is 31.6 Å². The summed E-state index contributed by atoms with van der Waals surface area (Å²) in [6, 6.07) is 5.76. The van der Waals surface area contributed by atoms with Crippen molar-refractivity contribution in [1.29, 1.82) is 0 Å². The summed E-state index contributed by atoms with van der Waals surface area (Å²) in [4.78, 5) is 0. The summed E-state index contributed by atoms with van der Waals surface area (Å²) in [6.07, 6.45) is 0. The molecule has 0 amide bonds. The van der Waals surface area contributed by atoms with Gasteiger partial charge in [-0.25, -0.2) is 0 Å². The van der Waals surface area contributed by atoms with E-state index in [-0.39, 0.29) is 0 Å². The molecule has 0 radical (unpaired) electrons. The van der Waals surface area contributed by atoms with Crippen LogP contribution in [0.25, 0.3) is 0 Å². The first-order chi connectivity index (χ1) is 9.19. The van der Waals surface area contributed by atoms with E-state index in [9.17, 15) is 0 Å². The van der Waals surface area contributed by atoms with Crippen LogP contribution in [0.4, 0.5) is 0 Å². The quantitative estimate of drug-likeness (QED) is 0.509. The van der Waals surface area contributed by atoms with E-state index in [1.807, 2.05) is 25.1 Å². The zero-order chi connectivity index (χ0) is 14.1. The third-order valence-corrected chi connectivity index (χ3v) is 2.72. The van der Waals surface area contributed by atoms with Crippen molar-refractivity contribution in [2.45, 2.75) is 26.7 Å². The van der Waals surface area contributed by atoms with Gasteiger partial charge in [0.2, 0.25) is 0 Å². The summed E-state index contributed by atoms with van der Waals surface area (Å²) in [5, 5.41) is 0. The fourth-order valence-corrected chi connectivity index (χ4v) is 1.83. The molecule has 0 aliphatic rings. The summed E-state index contributed by atoms with van der Waals surface area (Å²) in [5.41, 5.74) is 0.941. The molecule has 1 rings (SSSR count). The number of ether oxygens (including phenoxy) is 3. The first-order valence-electron chi connectivity index (χ1n) is 6.70. The second-order valence-electron chi connectivity index (χ2n) is 4.63. The van der Waals surface area contributed by atoms with E-state index in [1.54, 1.807) is 0 Å². The van der Waals surface area contributed by atoms with Crippen LogP contribution in [-0.4, -0.2) is 26.4 Å². The van der Waals surface area contributed by atoms with Crippen molar-refractivity contribution in [2.75, 3.05) is 26.4 Å². The molecule has 4 heteroatoms. The van der Waals surface area contributed by atoms with Crippen LogP contribution in [0, 0.1) is 5.92 Å². The topological polar surface area (TPSA) is 27.7 Å². The maximum atomic E-state index is 5.92. The number of hydrogen-bond donors (Lipinski definition) is 0. The smallest absolute Gasteiger partial charge is 0.165 e. The highest BCUT2D eigenvalue weighted by atomic mass is 35.5. The Morgan fingerprint density at radius 2 is 1.95 bits per heavy atom. The van der Waals surface area contributed by atoms with Crippen molar-refractivity contribution in [1.82, 2.24) is 0 Å². The van der Waals surface area contributed by atoms with Gasteiger partial charge in [-0.05, 0) is 18.9 Å². The Balaban J connectivity index is 2.54. The standard InChI is InChI=1S/C15H23ClO3/c1-4-18-14-7-5-6-13(10-16)15(14)19-9-8-17-11-12(2)3/h5-7,12H,4,8-11H2,1-3H3.